The Morgan fingerprint density at radius 2 is 2.05 bits per heavy atom. The highest BCUT2D eigenvalue weighted by Crippen LogP contribution is 2.25. The zero-order valence-electron chi connectivity index (χ0n) is 10.7. The van der Waals surface area contributed by atoms with E-state index in [2.05, 4.69) is 4.72 Å². The van der Waals surface area contributed by atoms with Gasteiger partial charge in [-0.05, 0) is 18.2 Å². The first-order chi connectivity index (χ1) is 9.56. The van der Waals surface area contributed by atoms with Crippen LogP contribution in [0.1, 0.15) is 10.4 Å². The van der Waals surface area contributed by atoms with Crippen LogP contribution in [-0.2, 0) is 21.4 Å². The second-order valence-electron chi connectivity index (χ2n) is 3.93. The molecule has 0 saturated carbocycles. The molecule has 1 aromatic heterocycles. The molecule has 5 nitrogen and oxygen atoms in total. The van der Waals surface area contributed by atoms with Crippen molar-refractivity contribution in [2.45, 2.75) is 10.8 Å². The molecule has 0 aliphatic carbocycles. The van der Waals surface area contributed by atoms with Crippen molar-refractivity contribution in [3.63, 3.8) is 0 Å². The molecule has 7 heteroatoms. The number of nitriles is 1. The highest BCUT2D eigenvalue weighted by atomic mass is 32.2. The van der Waals surface area contributed by atoms with Gasteiger partial charge < -0.3 is 4.74 Å². The first-order valence-corrected chi connectivity index (χ1v) is 7.96. The lowest BCUT2D eigenvalue weighted by Gasteiger charge is -2.10. The second-order valence-corrected chi connectivity index (χ2v) is 6.92. The minimum atomic E-state index is -3.68. The highest BCUT2D eigenvalue weighted by Gasteiger charge is 2.18. The molecule has 104 valence electrons. The molecule has 0 aliphatic heterocycles. The first kappa shape index (κ1) is 14.5. The van der Waals surface area contributed by atoms with E-state index in [0.29, 0.717) is 17.2 Å². The molecule has 0 saturated heterocycles. The summed E-state index contributed by atoms with van der Waals surface area (Å²) in [4.78, 5) is 0.357. The summed E-state index contributed by atoms with van der Waals surface area (Å²) in [7, 11) is -2.14. The van der Waals surface area contributed by atoms with Crippen molar-refractivity contribution in [1.29, 1.82) is 5.26 Å². The van der Waals surface area contributed by atoms with Crippen LogP contribution in [0.4, 0.5) is 5.69 Å². The van der Waals surface area contributed by atoms with Gasteiger partial charge in [-0.1, -0.05) is 18.2 Å². The lowest BCUT2D eigenvalue weighted by Crippen LogP contribution is -2.13. The number of sulfonamides is 1. The Labute approximate surface area is 121 Å². The smallest absolute Gasteiger partial charge is 0.271 e. The first-order valence-electron chi connectivity index (χ1n) is 5.66. The molecule has 0 radical (unpaired) electrons. The maximum absolute atomic E-state index is 12.2. The fourth-order valence-corrected chi connectivity index (χ4v) is 3.83. The Morgan fingerprint density at radius 1 is 1.30 bits per heavy atom. The van der Waals surface area contributed by atoms with E-state index < -0.39 is 10.0 Å². The number of thiophene rings is 1. The summed E-state index contributed by atoms with van der Waals surface area (Å²) in [5.41, 5.74) is 1.22. The normalized spacial score (nSPS) is 11.0. The molecule has 0 fully saturated rings. The molecule has 0 bridgehead atoms. The topological polar surface area (TPSA) is 79.2 Å². The van der Waals surface area contributed by atoms with E-state index in [1.807, 2.05) is 12.1 Å². The SMILES string of the molecule is COCc1ccccc1NS(=O)(=O)c1ccc(C#N)s1. The van der Waals surface area contributed by atoms with E-state index in [1.54, 1.807) is 25.3 Å². The van der Waals surface area contributed by atoms with E-state index in [1.165, 1.54) is 12.1 Å². The number of para-hydroxylation sites is 1. The number of rotatable bonds is 5. The molecule has 20 heavy (non-hydrogen) atoms. The fourth-order valence-electron chi connectivity index (χ4n) is 1.62. The average molecular weight is 308 g/mol. The van der Waals surface area contributed by atoms with Crippen LogP contribution in [0, 0.1) is 11.3 Å². The van der Waals surface area contributed by atoms with Crippen LogP contribution in [0.2, 0.25) is 0 Å². The Hall–Kier alpha value is -1.88. The van der Waals surface area contributed by atoms with Crippen molar-refractivity contribution in [1.82, 2.24) is 0 Å². The largest absolute Gasteiger partial charge is 0.380 e. The van der Waals surface area contributed by atoms with Gasteiger partial charge >= 0.3 is 0 Å². The van der Waals surface area contributed by atoms with E-state index in [9.17, 15) is 8.42 Å². The van der Waals surface area contributed by atoms with Gasteiger partial charge in [0, 0.05) is 12.7 Å². The van der Waals surface area contributed by atoms with Crippen molar-refractivity contribution in [3.05, 3.63) is 46.8 Å². The Kier molecular flexibility index (Phi) is 4.39. The molecule has 1 N–H and O–H groups in total. The highest BCUT2D eigenvalue weighted by molar-refractivity contribution is 7.94. The Balaban J connectivity index is 2.31. The molecule has 1 aromatic carbocycles. The van der Waals surface area contributed by atoms with Crippen molar-refractivity contribution < 1.29 is 13.2 Å². The second kappa shape index (κ2) is 6.05. The summed E-state index contributed by atoms with van der Waals surface area (Å²) in [5, 5.41) is 8.75. The van der Waals surface area contributed by atoms with Crippen LogP contribution in [0.15, 0.2) is 40.6 Å². The monoisotopic (exact) mass is 308 g/mol. The summed E-state index contributed by atoms with van der Waals surface area (Å²) in [5.74, 6) is 0. The number of nitrogens with zero attached hydrogens (tertiary/aromatic N) is 1. The third-order valence-corrected chi connectivity index (χ3v) is 5.37. The zero-order valence-corrected chi connectivity index (χ0v) is 12.3. The number of anilines is 1. The molecular formula is C13H12N2O3S2. The van der Waals surface area contributed by atoms with E-state index in [-0.39, 0.29) is 4.21 Å². The van der Waals surface area contributed by atoms with Gasteiger partial charge in [-0.3, -0.25) is 4.72 Å². The maximum Gasteiger partial charge on any atom is 0.271 e. The van der Waals surface area contributed by atoms with Gasteiger partial charge in [0.05, 0.1) is 12.3 Å². The van der Waals surface area contributed by atoms with Crippen LogP contribution in [0.3, 0.4) is 0 Å². The number of ether oxygens (including phenoxy) is 1. The van der Waals surface area contributed by atoms with Crippen LogP contribution in [0.5, 0.6) is 0 Å². The molecule has 1 heterocycles. The fraction of sp³-hybridized carbons (Fsp3) is 0.154. The summed E-state index contributed by atoms with van der Waals surface area (Å²) < 4.78 is 32.1. The number of methoxy groups -OCH3 is 1. The van der Waals surface area contributed by atoms with E-state index in [0.717, 1.165) is 16.9 Å². The predicted molar refractivity (Wildman–Crippen MR) is 77.0 cm³/mol. The van der Waals surface area contributed by atoms with Crippen LogP contribution < -0.4 is 4.72 Å². The predicted octanol–water partition coefficient (Wildman–Crippen LogP) is 2.57. The summed E-state index contributed by atoms with van der Waals surface area (Å²) in [6.07, 6.45) is 0. The molecular weight excluding hydrogens is 296 g/mol. The van der Waals surface area contributed by atoms with Crippen LogP contribution in [0.25, 0.3) is 0 Å². The van der Waals surface area contributed by atoms with Crippen molar-refractivity contribution in [3.8, 4) is 6.07 Å². The quantitative estimate of drug-likeness (QED) is 0.920. The maximum atomic E-state index is 12.2. The third-order valence-electron chi connectivity index (χ3n) is 2.52. The van der Waals surface area contributed by atoms with Gasteiger partial charge in [0.2, 0.25) is 0 Å². The van der Waals surface area contributed by atoms with Crippen molar-refractivity contribution in [2.75, 3.05) is 11.8 Å². The van der Waals surface area contributed by atoms with Crippen LogP contribution in [-0.4, -0.2) is 15.5 Å². The number of hydrogen-bond acceptors (Lipinski definition) is 5. The lowest BCUT2D eigenvalue weighted by molar-refractivity contribution is 0.185. The Morgan fingerprint density at radius 3 is 2.70 bits per heavy atom. The minimum Gasteiger partial charge on any atom is -0.380 e. The van der Waals surface area contributed by atoms with Gasteiger partial charge in [0.1, 0.15) is 15.2 Å². The van der Waals surface area contributed by atoms with Gasteiger partial charge in [0.15, 0.2) is 0 Å². The summed E-state index contributed by atoms with van der Waals surface area (Å²) in [6.45, 7) is 0.312. The zero-order chi connectivity index (χ0) is 14.6. The van der Waals surface area contributed by atoms with E-state index in [4.69, 9.17) is 10.00 Å². The number of hydrogen-bond donors (Lipinski definition) is 1. The van der Waals surface area contributed by atoms with E-state index >= 15 is 0 Å². The molecule has 0 aliphatic rings. The number of nitrogens with one attached hydrogen (secondary N) is 1. The summed E-state index contributed by atoms with van der Waals surface area (Å²) >= 11 is 0.935. The van der Waals surface area contributed by atoms with Crippen molar-refractivity contribution >= 4 is 27.0 Å². The minimum absolute atomic E-state index is 0.112. The van der Waals surface area contributed by atoms with Gasteiger partial charge in [-0.2, -0.15) is 5.26 Å². The third kappa shape index (κ3) is 3.17. The average Bonchev–Trinajstić information content (AvgIpc) is 2.91. The molecule has 0 atom stereocenters. The van der Waals surface area contributed by atoms with Gasteiger partial charge in [-0.25, -0.2) is 8.42 Å². The molecule has 0 spiro atoms. The van der Waals surface area contributed by atoms with Crippen LogP contribution >= 0.6 is 11.3 Å². The molecule has 2 aromatic rings. The number of benzene rings is 1. The van der Waals surface area contributed by atoms with Gasteiger partial charge in [-0.15, -0.1) is 11.3 Å². The standard InChI is InChI=1S/C13H12N2O3S2/c1-18-9-10-4-2-3-5-12(10)15-20(16,17)13-7-6-11(8-14)19-13/h2-7,15H,9H2,1H3. The molecule has 0 amide bonds. The molecule has 0 unspecified atom stereocenters. The lowest BCUT2D eigenvalue weighted by atomic mass is 10.2. The van der Waals surface area contributed by atoms with Crippen molar-refractivity contribution in [2.24, 2.45) is 0 Å². The summed E-state index contributed by atoms with van der Waals surface area (Å²) in [6, 6.07) is 11.8. The molecule has 2 rings (SSSR count). The van der Waals surface area contributed by atoms with Gasteiger partial charge in [0.25, 0.3) is 10.0 Å². The Bertz CT molecular complexity index is 745.